The van der Waals surface area contributed by atoms with Crippen LogP contribution < -0.4 is 14.9 Å². The standard InChI is InChI=1S/C26H25FN2O4/c27-21-10-8-18(9-11-21)15-28-12-13-29-23(32-16-20-6-7-20)14-22(30)25(24(29)26(28)31)33-17-19-4-2-1-3-5-19/h1-5,8-11,14,20H,6-7,12-13,15-17H2. The Morgan fingerprint density at radius 3 is 2.39 bits per heavy atom. The third-order valence-corrected chi connectivity index (χ3v) is 5.99. The van der Waals surface area contributed by atoms with E-state index in [1.165, 1.54) is 18.2 Å². The quantitative estimate of drug-likeness (QED) is 0.523. The molecule has 2 aliphatic rings. The van der Waals surface area contributed by atoms with Gasteiger partial charge in [-0.2, -0.15) is 0 Å². The smallest absolute Gasteiger partial charge is 0.274 e. The summed E-state index contributed by atoms with van der Waals surface area (Å²) in [7, 11) is 0. The van der Waals surface area contributed by atoms with Crippen LogP contribution in [0.5, 0.6) is 11.6 Å². The fraction of sp³-hybridized carbons (Fsp3) is 0.308. The monoisotopic (exact) mass is 448 g/mol. The number of pyridine rings is 1. The average molecular weight is 448 g/mol. The molecule has 0 N–H and O–H groups in total. The Morgan fingerprint density at radius 2 is 1.67 bits per heavy atom. The fourth-order valence-corrected chi connectivity index (χ4v) is 3.95. The molecule has 0 saturated heterocycles. The topological polar surface area (TPSA) is 60.8 Å². The van der Waals surface area contributed by atoms with Crippen molar-refractivity contribution in [3.8, 4) is 11.6 Å². The first-order valence-electron chi connectivity index (χ1n) is 11.2. The molecule has 0 unspecified atom stereocenters. The van der Waals surface area contributed by atoms with Gasteiger partial charge in [0, 0.05) is 25.7 Å². The maximum atomic E-state index is 13.5. The lowest BCUT2D eigenvalue weighted by Gasteiger charge is -2.32. The second-order valence-electron chi connectivity index (χ2n) is 8.56. The van der Waals surface area contributed by atoms with E-state index in [1.807, 2.05) is 30.3 Å². The largest absolute Gasteiger partial charge is 0.483 e. The van der Waals surface area contributed by atoms with Gasteiger partial charge in [0.05, 0.1) is 6.61 Å². The SMILES string of the molecule is O=C1c2c(OCc3ccccc3)c(=O)cc(OCC3CC3)n2CCN1Cc1ccc(F)cc1. The van der Waals surface area contributed by atoms with Crippen LogP contribution in [0.15, 0.2) is 65.5 Å². The van der Waals surface area contributed by atoms with Crippen molar-refractivity contribution in [2.24, 2.45) is 5.92 Å². The summed E-state index contributed by atoms with van der Waals surface area (Å²) in [5.74, 6) is 0.326. The number of carbonyl (C=O) groups is 1. The summed E-state index contributed by atoms with van der Waals surface area (Å²) >= 11 is 0. The van der Waals surface area contributed by atoms with Gasteiger partial charge < -0.3 is 18.9 Å². The van der Waals surface area contributed by atoms with Gasteiger partial charge in [0.2, 0.25) is 5.43 Å². The van der Waals surface area contributed by atoms with Gasteiger partial charge in [-0.05, 0) is 42.0 Å². The molecule has 3 aromatic rings. The predicted octanol–water partition coefficient (Wildman–Crippen LogP) is 4.01. The van der Waals surface area contributed by atoms with Crippen LogP contribution in [0.1, 0.15) is 34.5 Å². The lowest BCUT2D eigenvalue weighted by molar-refractivity contribution is 0.0671. The van der Waals surface area contributed by atoms with Gasteiger partial charge in [0.1, 0.15) is 12.4 Å². The molecular weight excluding hydrogens is 423 g/mol. The van der Waals surface area contributed by atoms with Gasteiger partial charge in [-0.1, -0.05) is 42.5 Å². The van der Waals surface area contributed by atoms with Gasteiger partial charge in [-0.15, -0.1) is 0 Å². The summed E-state index contributed by atoms with van der Waals surface area (Å²) in [6.07, 6.45) is 2.25. The number of rotatable bonds is 8. The van der Waals surface area contributed by atoms with E-state index in [1.54, 1.807) is 21.6 Å². The molecule has 1 aliphatic heterocycles. The minimum atomic E-state index is -0.375. The lowest BCUT2D eigenvalue weighted by Crippen LogP contribution is -2.42. The molecule has 6 nitrogen and oxygen atoms in total. The Kier molecular flexibility index (Phi) is 5.86. The number of ether oxygens (including phenoxy) is 2. The summed E-state index contributed by atoms with van der Waals surface area (Å²) in [6.45, 7) is 1.96. The minimum absolute atomic E-state index is 0.0337. The highest BCUT2D eigenvalue weighted by molar-refractivity contribution is 5.96. The second kappa shape index (κ2) is 9.10. The molecule has 1 fully saturated rings. The van der Waals surface area contributed by atoms with Crippen molar-refractivity contribution >= 4 is 5.91 Å². The Bertz CT molecular complexity index is 1200. The summed E-state index contributed by atoms with van der Waals surface area (Å²) < 4.78 is 26.9. The van der Waals surface area contributed by atoms with E-state index in [0.717, 1.165) is 24.0 Å². The van der Waals surface area contributed by atoms with E-state index in [0.29, 0.717) is 38.0 Å². The highest BCUT2D eigenvalue weighted by Gasteiger charge is 2.32. The summed E-state index contributed by atoms with van der Waals surface area (Å²) in [5, 5.41) is 0. The Balaban J connectivity index is 1.46. The Morgan fingerprint density at radius 1 is 0.909 bits per heavy atom. The van der Waals surface area contributed by atoms with Crippen molar-refractivity contribution < 1.29 is 18.7 Å². The van der Waals surface area contributed by atoms with Crippen molar-refractivity contribution in [1.82, 2.24) is 9.47 Å². The van der Waals surface area contributed by atoms with Gasteiger partial charge in [0.15, 0.2) is 17.3 Å². The van der Waals surface area contributed by atoms with Crippen LogP contribution in [0.25, 0.3) is 0 Å². The summed E-state index contributed by atoms with van der Waals surface area (Å²) in [6, 6.07) is 17.0. The first kappa shape index (κ1) is 21.2. The lowest BCUT2D eigenvalue weighted by atomic mass is 10.1. The third kappa shape index (κ3) is 4.77. The highest BCUT2D eigenvalue weighted by atomic mass is 19.1. The van der Waals surface area contributed by atoms with Crippen LogP contribution in [-0.4, -0.2) is 28.5 Å². The van der Waals surface area contributed by atoms with E-state index in [4.69, 9.17) is 9.47 Å². The number of amides is 1. The van der Waals surface area contributed by atoms with Gasteiger partial charge >= 0.3 is 0 Å². The molecule has 0 radical (unpaired) electrons. The molecule has 1 aromatic heterocycles. The van der Waals surface area contributed by atoms with E-state index in [-0.39, 0.29) is 35.2 Å². The molecule has 1 amide bonds. The summed E-state index contributed by atoms with van der Waals surface area (Å²) in [4.78, 5) is 28.2. The van der Waals surface area contributed by atoms with Crippen LogP contribution in [0.3, 0.4) is 0 Å². The normalized spacial score (nSPS) is 15.3. The molecule has 170 valence electrons. The number of halogens is 1. The highest BCUT2D eigenvalue weighted by Crippen LogP contribution is 2.31. The molecule has 1 aliphatic carbocycles. The van der Waals surface area contributed by atoms with Crippen molar-refractivity contribution in [1.29, 1.82) is 0 Å². The maximum Gasteiger partial charge on any atom is 0.274 e. The van der Waals surface area contributed by atoms with Gasteiger partial charge in [-0.25, -0.2) is 4.39 Å². The van der Waals surface area contributed by atoms with Crippen LogP contribution >= 0.6 is 0 Å². The van der Waals surface area contributed by atoms with Crippen LogP contribution in [0.4, 0.5) is 4.39 Å². The molecular formula is C26H25FN2O4. The third-order valence-electron chi connectivity index (χ3n) is 5.99. The molecule has 0 spiro atoms. The zero-order chi connectivity index (χ0) is 22.8. The zero-order valence-electron chi connectivity index (χ0n) is 18.2. The van der Waals surface area contributed by atoms with Gasteiger partial charge in [0.25, 0.3) is 5.91 Å². The zero-order valence-corrected chi connectivity index (χ0v) is 18.2. The Hall–Kier alpha value is -3.61. The molecule has 2 heterocycles. The van der Waals surface area contributed by atoms with Crippen LogP contribution in [0, 0.1) is 11.7 Å². The maximum absolute atomic E-state index is 13.5. The molecule has 7 heteroatoms. The van der Waals surface area contributed by atoms with Crippen LogP contribution in [0.2, 0.25) is 0 Å². The molecule has 0 atom stereocenters. The average Bonchev–Trinajstić information content (AvgIpc) is 3.65. The van der Waals surface area contributed by atoms with E-state index >= 15 is 0 Å². The number of aromatic nitrogens is 1. The fourth-order valence-electron chi connectivity index (χ4n) is 3.95. The van der Waals surface area contributed by atoms with E-state index in [2.05, 4.69) is 0 Å². The minimum Gasteiger partial charge on any atom is -0.483 e. The van der Waals surface area contributed by atoms with Crippen molar-refractivity contribution in [3.05, 3.63) is 93.5 Å². The number of benzene rings is 2. The molecule has 2 aromatic carbocycles. The summed E-state index contributed by atoms with van der Waals surface area (Å²) in [5.41, 5.74) is 1.54. The van der Waals surface area contributed by atoms with E-state index < -0.39 is 0 Å². The molecule has 1 saturated carbocycles. The first-order chi connectivity index (χ1) is 16.1. The molecule has 5 rings (SSSR count). The molecule has 0 bridgehead atoms. The number of fused-ring (bicyclic) bond motifs is 1. The number of nitrogens with zero attached hydrogens (tertiary/aromatic N) is 2. The van der Waals surface area contributed by atoms with Crippen molar-refractivity contribution in [3.63, 3.8) is 0 Å². The van der Waals surface area contributed by atoms with Crippen LogP contribution in [-0.2, 0) is 19.7 Å². The van der Waals surface area contributed by atoms with Crippen molar-refractivity contribution in [2.75, 3.05) is 13.2 Å². The second-order valence-corrected chi connectivity index (χ2v) is 8.56. The van der Waals surface area contributed by atoms with E-state index in [9.17, 15) is 14.0 Å². The number of hydrogen-bond acceptors (Lipinski definition) is 4. The molecule has 33 heavy (non-hydrogen) atoms. The Labute approximate surface area is 191 Å². The number of carbonyl (C=O) groups excluding carboxylic acids is 1. The van der Waals surface area contributed by atoms with Gasteiger partial charge in [-0.3, -0.25) is 9.59 Å². The number of hydrogen-bond donors (Lipinski definition) is 0. The predicted molar refractivity (Wildman–Crippen MR) is 121 cm³/mol. The van der Waals surface area contributed by atoms with Crippen molar-refractivity contribution in [2.45, 2.75) is 32.5 Å². The first-order valence-corrected chi connectivity index (χ1v) is 11.2.